The second kappa shape index (κ2) is 28.1. The molecule has 7 aromatic rings. The molecule has 0 saturated heterocycles. The molecule has 5 heterocycles. The second-order valence-corrected chi connectivity index (χ2v) is 18.8. The number of H-pyrrole nitrogens is 2. The molecule has 9 rings (SSSR count). The average molecular weight is 1130 g/mol. The molecule has 8 bridgehead atoms. The third kappa shape index (κ3) is 14.0. The van der Waals surface area contributed by atoms with E-state index in [-0.39, 0.29) is 42.8 Å². The molecule has 4 aromatic carbocycles. The van der Waals surface area contributed by atoms with Gasteiger partial charge in [-0.05, 0) is 126 Å². The number of nitrogens with one attached hydrogen (secondary N) is 2. The molecule has 0 fully saturated rings. The van der Waals surface area contributed by atoms with Crippen molar-refractivity contribution in [3.8, 4) is 67.5 Å². The van der Waals surface area contributed by atoms with Crippen LogP contribution in [-0.2, 0) is 36.2 Å². The summed E-state index contributed by atoms with van der Waals surface area (Å²) in [5.41, 5.74) is 9.47. The molecule has 12 nitrogen and oxygen atoms in total. The number of hydrogen-bond acceptors (Lipinski definition) is 10. The smallest absolute Gasteiger partial charge is 0.311 e. The number of aromatic nitrogens is 4. The van der Waals surface area contributed by atoms with Crippen molar-refractivity contribution in [3.05, 3.63) is 193 Å². The number of hydrogen-bond donors (Lipinski definition) is 2. The first-order valence-electron chi connectivity index (χ1n) is 27.0. The quantitative estimate of drug-likeness (QED) is 0.0325. The van der Waals surface area contributed by atoms with E-state index in [0.717, 1.165) is 0 Å². The number of rotatable bonds is 20. The van der Waals surface area contributed by atoms with Crippen LogP contribution in [-0.4, -0.2) is 43.8 Å². The molecule has 2 N–H and O–H groups in total. The maximum atomic E-state index is 13.5. The zero-order valence-corrected chi connectivity index (χ0v) is 46.5. The summed E-state index contributed by atoms with van der Waals surface area (Å²) in [6.45, 7) is 7.64. The number of ether oxygens (including phenoxy) is 4. The monoisotopic (exact) mass is 1130 g/mol. The minimum Gasteiger partial charge on any atom is -0.426 e. The third-order valence-electron chi connectivity index (χ3n) is 13.3. The minimum absolute atomic E-state index is 0. The van der Waals surface area contributed by atoms with Crippen LogP contribution in [0.3, 0.4) is 0 Å². The summed E-state index contributed by atoms with van der Waals surface area (Å²) in [4.78, 5) is 72.4. The molecule has 0 atom stereocenters. The first kappa shape index (κ1) is 58.0. The first-order valence-corrected chi connectivity index (χ1v) is 27.0. The van der Waals surface area contributed by atoms with E-state index in [1.54, 1.807) is 24.3 Å². The molecule has 1 radical (unpaired) electrons. The molecule has 2 aliphatic rings. The van der Waals surface area contributed by atoms with E-state index in [2.05, 4.69) is 9.97 Å². The van der Waals surface area contributed by atoms with Gasteiger partial charge in [0.15, 0.2) is 0 Å². The summed E-state index contributed by atoms with van der Waals surface area (Å²) in [5, 5.41) is 0. The van der Waals surface area contributed by atoms with Gasteiger partial charge in [0.25, 0.3) is 0 Å². The van der Waals surface area contributed by atoms with Gasteiger partial charge in [-0.3, -0.25) is 19.2 Å². The van der Waals surface area contributed by atoms with Crippen LogP contribution in [0.15, 0.2) is 170 Å². The Balaban J connectivity index is 0.00000860. The van der Waals surface area contributed by atoms with Crippen LogP contribution in [0.2, 0.25) is 0 Å². The molecule has 81 heavy (non-hydrogen) atoms. The summed E-state index contributed by atoms with van der Waals surface area (Å²) in [5.74, 6) is -0.223. The molecule has 3 aromatic heterocycles. The molecule has 413 valence electrons. The summed E-state index contributed by atoms with van der Waals surface area (Å²) in [6, 6.07) is 37.3. The van der Waals surface area contributed by atoms with Crippen LogP contribution < -0.4 is 18.9 Å². The van der Waals surface area contributed by atoms with Crippen LogP contribution in [0.1, 0.15) is 102 Å². The van der Waals surface area contributed by atoms with Crippen molar-refractivity contribution >= 4 is 70.2 Å². The molecule has 0 aliphatic carbocycles. The summed E-state index contributed by atoms with van der Waals surface area (Å²) < 4.78 is 24.7. The summed E-state index contributed by atoms with van der Waals surface area (Å²) in [7, 11) is 0. The SMILES string of the molecule is CC=CCCC(=O)Oc1ccccc1-c1c2nc(c(-c3ccccc3OC(=O)CCC=CC)c3ccc([nH]3)c(-c3ccccc3OC(=O)CCC=CC)c3nc(c(-c4ccccc4OC(=O)CCC=CC)c4ccc1[nH]4)C=C3)C=C2.[Cu]. The number of benzene rings is 4. The molecule has 0 saturated carbocycles. The second-order valence-electron chi connectivity index (χ2n) is 18.8. The van der Waals surface area contributed by atoms with Crippen molar-refractivity contribution in [2.24, 2.45) is 0 Å². The van der Waals surface area contributed by atoms with Crippen molar-refractivity contribution < 1.29 is 55.2 Å². The first-order chi connectivity index (χ1) is 39.2. The van der Waals surface area contributed by atoms with E-state index in [9.17, 15) is 19.2 Å². The van der Waals surface area contributed by atoms with Crippen LogP contribution in [0.5, 0.6) is 23.0 Å². The number of fused-ring (bicyclic) bond motifs is 8. The van der Waals surface area contributed by atoms with Gasteiger partial charge in [0.1, 0.15) is 23.0 Å². The fourth-order valence-electron chi connectivity index (χ4n) is 9.55. The molecular weight excluding hydrogens is 1060 g/mol. The van der Waals surface area contributed by atoms with E-state index in [1.807, 2.05) is 198 Å². The van der Waals surface area contributed by atoms with Gasteiger partial charge in [-0.25, -0.2) is 9.97 Å². The van der Waals surface area contributed by atoms with Gasteiger partial charge < -0.3 is 28.9 Å². The number of nitrogens with zero attached hydrogens (tertiary/aromatic N) is 2. The molecule has 0 amide bonds. The van der Waals surface area contributed by atoms with Gasteiger partial charge in [0.2, 0.25) is 0 Å². The van der Waals surface area contributed by atoms with Crippen LogP contribution in [0, 0.1) is 0 Å². The Bertz CT molecular complexity index is 3350. The third-order valence-corrected chi connectivity index (χ3v) is 13.3. The average Bonchev–Trinajstić information content (AvgIpc) is 4.42. The van der Waals surface area contributed by atoms with Gasteiger partial charge in [-0.1, -0.05) is 121 Å². The fourth-order valence-corrected chi connectivity index (χ4v) is 9.55. The van der Waals surface area contributed by atoms with Gasteiger partial charge in [0.05, 0.1) is 22.8 Å². The maximum absolute atomic E-state index is 13.5. The zero-order valence-electron chi connectivity index (χ0n) is 45.6. The Morgan fingerprint density at radius 1 is 0.358 bits per heavy atom. The largest absolute Gasteiger partial charge is 0.426 e. The van der Waals surface area contributed by atoms with Gasteiger partial charge >= 0.3 is 23.9 Å². The minimum atomic E-state index is -0.394. The molecule has 0 spiro atoms. The van der Waals surface area contributed by atoms with E-state index in [4.69, 9.17) is 28.9 Å². The predicted octanol–water partition coefficient (Wildman–Crippen LogP) is 16.4. The van der Waals surface area contributed by atoms with E-state index >= 15 is 0 Å². The van der Waals surface area contributed by atoms with Crippen molar-refractivity contribution in [1.82, 2.24) is 19.9 Å². The topological polar surface area (TPSA) is 163 Å². The Morgan fingerprint density at radius 3 is 0.802 bits per heavy atom. The van der Waals surface area contributed by atoms with E-state index in [1.165, 1.54) is 0 Å². The molecule has 2 aliphatic heterocycles. The fraction of sp³-hybridized carbons (Fsp3) is 0.176. The van der Waals surface area contributed by atoms with Crippen LogP contribution in [0.25, 0.3) is 90.9 Å². The number of aromatic amines is 2. The van der Waals surface area contributed by atoms with Crippen molar-refractivity contribution in [3.63, 3.8) is 0 Å². The van der Waals surface area contributed by atoms with Gasteiger partial charge in [0, 0.05) is 109 Å². The summed E-state index contributed by atoms with van der Waals surface area (Å²) in [6.07, 6.45) is 25.8. The Kier molecular flexibility index (Phi) is 20.1. The van der Waals surface area contributed by atoms with Gasteiger partial charge in [-0.2, -0.15) is 0 Å². The molecule has 13 heteroatoms. The summed E-state index contributed by atoms with van der Waals surface area (Å²) >= 11 is 0. The van der Waals surface area contributed by atoms with Crippen LogP contribution >= 0.6 is 0 Å². The van der Waals surface area contributed by atoms with E-state index < -0.39 is 23.9 Å². The Morgan fingerprint density at radius 2 is 0.580 bits per heavy atom. The Labute approximate surface area is 482 Å². The van der Waals surface area contributed by atoms with Crippen LogP contribution in [0.4, 0.5) is 0 Å². The Hall–Kier alpha value is -9.16. The van der Waals surface area contributed by atoms with Crippen molar-refractivity contribution in [2.45, 2.75) is 79.1 Å². The number of para-hydroxylation sites is 4. The van der Waals surface area contributed by atoms with E-state index in [0.29, 0.717) is 138 Å². The number of allylic oxidation sites excluding steroid dienone is 8. The normalized spacial score (nSPS) is 11.9. The molecular formula is C68H62CuN4O8. The predicted molar refractivity (Wildman–Crippen MR) is 319 cm³/mol. The zero-order chi connectivity index (χ0) is 55.8. The standard InChI is InChI=1S/C68H62N4O8.Cu/c1-5-9-13-33-61(73)77-57-29-21-17-25-45(57)65-49-37-39-51(69-49)66(46-26-18-22-30-58(46)78-62(74)34-14-10-6-2)53-41-43-55(71-53)68(48-28-20-24-32-60(48)80-64(76)36-16-12-8-4)56-44-42-54(72-56)67(52-40-38-50(65)70-52)47-27-19-23-31-59(47)79-63(75)35-15-11-7-3;/h5-12,17-32,37-44,69,72H,13-16,33-36H2,1-4H3;. The number of carbonyl (C=O) groups is 4. The van der Waals surface area contributed by atoms with Gasteiger partial charge in [-0.15, -0.1) is 0 Å². The van der Waals surface area contributed by atoms with Crippen molar-refractivity contribution in [2.75, 3.05) is 0 Å². The molecule has 0 unspecified atom stereocenters. The van der Waals surface area contributed by atoms with Crippen molar-refractivity contribution in [1.29, 1.82) is 0 Å². The maximum Gasteiger partial charge on any atom is 0.311 e. The number of esters is 4. The number of carbonyl (C=O) groups excluding carboxylic acids is 4.